The Morgan fingerprint density at radius 1 is 0.893 bits per heavy atom. The molecule has 1 unspecified atom stereocenters. The van der Waals surface area contributed by atoms with E-state index in [2.05, 4.69) is 42.1 Å². The van der Waals surface area contributed by atoms with E-state index >= 15 is 0 Å². The van der Waals surface area contributed by atoms with Crippen molar-refractivity contribution < 1.29 is 5.11 Å². The largest absolute Gasteiger partial charge is 0.382 e. The van der Waals surface area contributed by atoms with Crippen molar-refractivity contribution >= 4 is 43.5 Å². The van der Waals surface area contributed by atoms with Crippen LogP contribution in [0.25, 0.3) is 11.4 Å². The van der Waals surface area contributed by atoms with Gasteiger partial charge in [-0.3, -0.25) is 0 Å². The van der Waals surface area contributed by atoms with Crippen molar-refractivity contribution in [3.8, 4) is 11.4 Å². The van der Waals surface area contributed by atoms with Crippen LogP contribution in [0.3, 0.4) is 0 Å². The van der Waals surface area contributed by atoms with Crippen LogP contribution in [-0.2, 0) is 5.88 Å². The minimum atomic E-state index is -0.922. The number of aliphatic hydroxyl groups excluding tert-OH is 1. The number of nitrogens with zero attached hydrogens (tertiary/aromatic N) is 4. The molecule has 0 amide bonds. The topological polar surface area (TPSA) is 55.9 Å². The molecule has 1 N–H and O–H groups in total. The van der Waals surface area contributed by atoms with Crippen LogP contribution in [0, 0.1) is 0 Å². The van der Waals surface area contributed by atoms with E-state index in [9.17, 15) is 5.11 Å². The van der Waals surface area contributed by atoms with E-state index in [1.807, 2.05) is 54.7 Å². The Morgan fingerprint density at radius 3 is 2.04 bits per heavy atom. The number of alkyl halides is 1. The number of halogens is 3. The van der Waals surface area contributed by atoms with Crippen LogP contribution in [0.1, 0.15) is 22.9 Å². The first-order valence-corrected chi connectivity index (χ1v) is 10.6. The van der Waals surface area contributed by atoms with Crippen molar-refractivity contribution in [2.24, 2.45) is 0 Å². The summed E-state index contributed by atoms with van der Waals surface area (Å²) in [6.07, 6.45) is 4.36. The monoisotopic (exact) mass is 520 g/mol. The molecule has 0 fully saturated rings. The summed E-state index contributed by atoms with van der Waals surface area (Å²) in [5.74, 6) is 0.254. The van der Waals surface area contributed by atoms with Crippen LogP contribution in [-0.4, -0.2) is 24.7 Å². The van der Waals surface area contributed by atoms with Crippen LogP contribution in [0.15, 0.2) is 76.1 Å². The minimum absolute atomic E-state index is 0.254. The van der Waals surface area contributed by atoms with E-state index in [-0.39, 0.29) is 5.88 Å². The van der Waals surface area contributed by atoms with Crippen molar-refractivity contribution in [1.82, 2.24) is 19.6 Å². The number of rotatable bonds is 5. The summed E-state index contributed by atoms with van der Waals surface area (Å²) in [6, 6.07) is 15.5. The lowest BCUT2D eigenvalue weighted by Gasteiger charge is -2.07. The third kappa shape index (κ3) is 3.93. The van der Waals surface area contributed by atoms with Gasteiger partial charge in [0.25, 0.3) is 0 Å². The molecule has 2 aromatic carbocycles. The van der Waals surface area contributed by atoms with Crippen LogP contribution in [0.5, 0.6) is 0 Å². The van der Waals surface area contributed by atoms with E-state index in [0.29, 0.717) is 11.3 Å². The quantitative estimate of drug-likeness (QED) is 0.357. The van der Waals surface area contributed by atoms with Crippen molar-refractivity contribution in [3.63, 3.8) is 0 Å². The van der Waals surface area contributed by atoms with Gasteiger partial charge in [-0.25, -0.2) is 9.36 Å². The normalized spacial score (nSPS) is 12.3. The molecule has 0 saturated carbocycles. The second kappa shape index (κ2) is 8.21. The molecule has 4 rings (SSSR count). The van der Waals surface area contributed by atoms with E-state index in [1.165, 1.54) is 0 Å². The molecule has 1 atom stereocenters. The zero-order chi connectivity index (χ0) is 19.7. The molecule has 5 nitrogen and oxygen atoms in total. The first kappa shape index (κ1) is 19.4. The number of hydrogen-bond donors (Lipinski definition) is 1. The molecule has 8 heteroatoms. The molecule has 0 aliphatic heterocycles. The predicted molar refractivity (Wildman–Crippen MR) is 116 cm³/mol. The van der Waals surface area contributed by atoms with Gasteiger partial charge in [0, 0.05) is 32.5 Å². The van der Waals surface area contributed by atoms with Crippen LogP contribution in [0.2, 0.25) is 0 Å². The van der Waals surface area contributed by atoms with Crippen molar-refractivity contribution in [2.45, 2.75) is 12.0 Å². The summed E-state index contributed by atoms with van der Waals surface area (Å²) < 4.78 is 5.43. The molecule has 0 aliphatic rings. The van der Waals surface area contributed by atoms with Gasteiger partial charge in [0.2, 0.25) is 0 Å². The third-order valence-electron chi connectivity index (χ3n) is 4.33. The fourth-order valence-corrected chi connectivity index (χ4v) is 3.59. The maximum absolute atomic E-state index is 10.9. The highest BCUT2D eigenvalue weighted by atomic mass is 79.9. The fourth-order valence-electron chi connectivity index (χ4n) is 2.85. The van der Waals surface area contributed by atoms with Crippen LogP contribution >= 0.6 is 43.5 Å². The van der Waals surface area contributed by atoms with Gasteiger partial charge in [0.15, 0.2) is 0 Å². The molecule has 0 aliphatic carbocycles. The summed E-state index contributed by atoms with van der Waals surface area (Å²) in [5, 5.41) is 19.8. The Morgan fingerprint density at radius 2 is 1.46 bits per heavy atom. The molecular formula is C20H15Br2ClN4O. The Labute approximate surface area is 183 Å². The van der Waals surface area contributed by atoms with Gasteiger partial charge in [-0.15, -0.1) is 11.6 Å². The van der Waals surface area contributed by atoms with Crippen LogP contribution in [0.4, 0.5) is 0 Å². The smallest absolute Gasteiger partial charge is 0.126 e. The molecule has 28 heavy (non-hydrogen) atoms. The Bertz CT molecular complexity index is 1090. The van der Waals surface area contributed by atoms with Gasteiger partial charge in [-0.1, -0.05) is 31.9 Å². The van der Waals surface area contributed by atoms with Crippen molar-refractivity contribution in [2.75, 3.05) is 0 Å². The third-order valence-corrected chi connectivity index (χ3v) is 5.67. The summed E-state index contributed by atoms with van der Waals surface area (Å²) in [5.41, 5.74) is 3.73. The highest BCUT2D eigenvalue weighted by Crippen LogP contribution is 2.27. The average molecular weight is 523 g/mol. The zero-order valence-corrected chi connectivity index (χ0v) is 18.4. The summed E-state index contributed by atoms with van der Waals surface area (Å²) in [7, 11) is 0. The number of aromatic nitrogens is 4. The summed E-state index contributed by atoms with van der Waals surface area (Å²) >= 11 is 13.0. The number of hydrogen-bond acceptors (Lipinski definition) is 3. The maximum Gasteiger partial charge on any atom is 0.126 e. The van der Waals surface area contributed by atoms with Gasteiger partial charge in [-0.2, -0.15) is 10.2 Å². The first-order chi connectivity index (χ1) is 13.5. The molecule has 2 aromatic heterocycles. The highest BCUT2D eigenvalue weighted by molar-refractivity contribution is 9.10. The van der Waals surface area contributed by atoms with Gasteiger partial charge >= 0.3 is 0 Å². The SMILES string of the molecule is OC(c1cnn(-c2ccc(Br)cc2)c1)c1nn(-c2ccc(Br)cc2)cc1CCl. The molecule has 0 saturated heterocycles. The van der Waals surface area contributed by atoms with E-state index < -0.39 is 6.10 Å². The molecule has 142 valence electrons. The van der Waals surface area contributed by atoms with Gasteiger partial charge in [0.05, 0.1) is 23.5 Å². The van der Waals surface area contributed by atoms with Crippen molar-refractivity contribution in [3.05, 3.63) is 92.9 Å². The number of benzene rings is 2. The molecule has 2 heterocycles. The standard InChI is InChI=1S/C20H15Br2ClN4O/c21-15-1-5-17(6-2-15)26-12-14(10-24-26)20(28)19-13(9-23)11-27(25-19)18-7-3-16(22)4-8-18/h1-8,10-12,20,28H,9H2. The maximum atomic E-state index is 10.9. The van der Waals surface area contributed by atoms with Gasteiger partial charge < -0.3 is 5.11 Å². The lowest BCUT2D eigenvalue weighted by molar-refractivity contribution is 0.214. The van der Waals surface area contributed by atoms with Crippen LogP contribution < -0.4 is 0 Å². The summed E-state index contributed by atoms with van der Waals surface area (Å²) in [4.78, 5) is 0. The minimum Gasteiger partial charge on any atom is -0.382 e. The molecular weight excluding hydrogens is 508 g/mol. The van der Waals surface area contributed by atoms with E-state index in [4.69, 9.17) is 11.6 Å². The Hall–Kier alpha value is -1.93. The van der Waals surface area contributed by atoms with E-state index in [0.717, 1.165) is 25.9 Å². The predicted octanol–water partition coefficient (Wildman–Crippen LogP) is 5.40. The molecule has 0 spiro atoms. The fraction of sp³-hybridized carbons (Fsp3) is 0.100. The lowest BCUT2D eigenvalue weighted by Crippen LogP contribution is -2.03. The molecule has 0 bridgehead atoms. The zero-order valence-electron chi connectivity index (χ0n) is 14.5. The first-order valence-electron chi connectivity index (χ1n) is 8.44. The average Bonchev–Trinajstić information content (AvgIpc) is 3.36. The van der Waals surface area contributed by atoms with Crippen molar-refractivity contribution in [1.29, 1.82) is 0 Å². The number of aliphatic hydroxyl groups is 1. The van der Waals surface area contributed by atoms with Gasteiger partial charge in [0.1, 0.15) is 11.8 Å². The molecule has 4 aromatic rings. The van der Waals surface area contributed by atoms with E-state index in [1.54, 1.807) is 21.8 Å². The second-order valence-electron chi connectivity index (χ2n) is 6.19. The Balaban J connectivity index is 1.65. The lowest BCUT2D eigenvalue weighted by atomic mass is 10.1. The molecule has 0 radical (unpaired) electrons. The summed E-state index contributed by atoms with van der Waals surface area (Å²) in [6.45, 7) is 0. The second-order valence-corrected chi connectivity index (χ2v) is 8.29. The highest BCUT2D eigenvalue weighted by Gasteiger charge is 2.21. The van der Waals surface area contributed by atoms with Gasteiger partial charge in [-0.05, 0) is 48.5 Å². The Kier molecular flexibility index (Phi) is 5.68.